The highest BCUT2D eigenvalue weighted by atomic mass is 32.2. The fourth-order valence-corrected chi connectivity index (χ4v) is 4.60. The lowest BCUT2D eigenvalue weighted by Gasteiger charge is -2.14. The Morgan fingerprint density at radius 3 is 2.64 bits per heavy atom. The lowest BCUT2D eigenvalue weighted by molar-refractivity contribution is 0.102. The van der Waals surface area contributed by atoms with Crippen molar-refractivity contribution >= 4 is 32.1 Å². The third-order valence-electron chi connectivity index (χ3n) is 5.11. The van der Waals surface area contributed by atoms with Gasteiger partial charge in [-0.25, -0.2) is 13.4 Å². The lowest BCUT2D eigenvalue weighted by Crippen LogP contribution is -2.14. The maximum absolute atomic E-state index is 14.7. The van der Waals surface area contributed by atoms with Crippen molar-refractivity contribution in [3.8, 4) is 22.1 Å². The van der Waals surface area contributed by atoms with Gasteiger partial charge in [-0.05, 0) is 54.2 Å². The topological polar surface area (TPSA) is 127 Å². The number of carbonyl (C=O) groups is 1. The number of aromatic nitrogens is 3. The predicted octanol–water partition coefficient (Wildman–Crippen LogP) is 4.92. The summed E-state index contributed by atoms with van der Waals surface area (Å²) in [5, 5.41) is 11.0. The van der Waals surface area contributed by atoms with E-state index in [2.05, 4.69) is 20.5 Å². The van der Waals surface area contributed by atoms with Crippen LogP contribution in [0.4, 0.5) is 9.52 Å². The maximum Gasteiger partial charge on any atom is 0.296 e. The smallest absolute Gasteiger partial charge is 0.296 e. The first-order valence-electron chi connectivity index (χ1n) is 10.6. The molecule has 0 aliphatic heterocycles. The van der Waals surface area contributed by atoms with Crippen LogP contribution in [0.1, 0.15) is 21.6 Å². The van der Waals surface area contributed by atoms with Crippen LogP contribution in [-0.4, -0.2) is 38.7 Å². The zero-order valence-corrected chi connectivity index (χ0v) is 21.2. The number of halogens is 1. The third-order valence-corrected chi connectivity index (χ3v) is 7.04. The number of rotatable bonds is 8. The number of anilines is 1. The van der Waals surface area contributed by atoms with Crippen LogP contribution in [0.3, 0.4) is 0 Å². The van der Waals surface area contributed by atoms with Gasteiger partial charge >= 0.3 is 0 Å². The molecule has 2 heterocycles. The van der Waals surface area contributed by atoms with Crippen LogP contribution in [0.15, 0.2) is 59.6 Å². The van der Waals surface area contributed by atoms with Gasteiger partial charge in [0, 0.05) is 28.6 Å². The summed E-state index contributed by atoms with van der Waals surface area (Å²) < 4.78 is 45.1. The van der Waals surface area contributed by atoms with E-state index in [4.69, 9.17) is 14.3 Å². The minimum absolute atomic E-state index is 0.142. The zero-order chi connectivity index (χ0) is 25.9. The van der Waals surface area contributed by atoms with Crippen LogP contribution in [0, 0.1) is 17.5 Å². The summed E-state index contributed by atoms with van der Waals surface area (Å²) in [5.41, 5.74) is 2.03. The maximum atomic E-state index is 14.7. The molecule has 0 unspecified atom stereocenters. The number of pyridine rings is 1. The van der Waals surface area contributed by atoms with E-state index in [1.165, 1.54) is 31.7 Å². The van der Waals surface area contributed by atoms with Gasteiger partial charge in [0.15, 0.2) is 0 Å². The molecule has 0 saturated heterocycles. The Bertz CT molecular complexity index is 1520. The van der Waals surface area contributed by atoms with E-state index in [9.17, 15) is 13.4 Å². The average molecular weight is 528 g/mol. The van der Waals surface area contributed by atoms with Gasteiger partial charge in [-0.2, -0.15) is 0 Å². The monoisotopic (exact) mass is 527 g/mol. The summed E-state index contributed by atoms with van der Waals surface area (Å²) in [6.45, 7) is 1.92. The fraction of sp³-hybridized carbons (Fsp3) is 0.167. The number of ether oxygens (including phenoxy) is 2. The van der Waals surface area contributed by atoms with Crippen molar-refractivity contribution in [2.24, 2.45) is 0 Å². The number of hydrogen-bond acceptors (Lipinski definition) is 9. The van der Waals surface area contributed by atoms with E-state index >= 15 is 0 Å². The van der Waals surface area contributed by atoms with Gasteiger partial charge in [-0.1, -0.05) is 23.3 Å². The molecular formula is C24H22FN5O4S2. The molecule has 0 radical (unpaired) electrons. The van der Waals surface area contributed by atoms with E-state index in [-0.39, 0.29) is 28.1 Å². The molecule has 1 amide bonds. The van der Waals surface area contributed by atoms with E-state index in [0.717, 1.165) is 16.9 Å². The molecule has 2 aromatic heterocycles. The highest BCUT2D eigenvalue weighted by Gasteiger charge is 2.21. The second-order valence-corrected chi connectivity index (χ2v) is 10.9. The molecule has 0 aliphatic rings. The van der Waals surface area contributed by atoms with Gasteiger partial charge in [0.25, 0.3) is 11.1 Å². The molecule has 12 heteroatoms. The summed E-state index contributed by atoms with van der Waals surface area (Å²) >= 11 is 1.03. The highest BCUT2D eigenvalue weighted by molar-refractivity contribution is 7.91. The fourth-order valence-electron chi connectivity index (χ4n) is 3.36. The quantitative estimate of drug-likeness (QED) is 0.333. The molecule has 1 atom stereocenters. The standard InChI is InChI=1S/C24H22FN5O4S2/c1-14-11-17(21-19(25)5-4-6-20(21)33-2)18(12-27-14)22(31)28-23-29-30-24(35-23)34-13-15-7-9-16(10-8-15)36(3,26)32/h4-12,26H,13H2,1-3H3,(H,28,29,31)/t36-/m1/s1. The molecule has 0 spiro atoms. The Morgan fingerprint density at radius 1 is 1.19 bits per heavy atom. The van der Waals surface area contributed by atoms with Gasteiger partial charge in [-0.3, -0.25) is 15.1 Å². The van der Waals surface area contributed by atoms with Crippen LogP contribution in [0.5, 0.6) is 10.9 Å². The Morgan fingerprint density at radius 2 is 1.94 bits per heavy atom. The number of aryl methyl sites for hydroxylation is 1. The Balaban J connectivity index is 1.50. The summed E-state index contributed by atoms with van der Waals surface area (Å²) in [6.07, 6.45) is 2.73. The summed E-state index contributed by atoms with van der Waals surface area (Å²) in [7, 11) is -1.35. The van der Waals surface area contributed by atoms with Crippen molar-refractivity contribution < 1.29 is 22.9 Å². The number of nitrogens with zero attached hydrogens (tertiary/aromatic N) is 3. The van der Waals surface area contributed by atoms with Crippen molar-refractivity contribution in [3.05, 3.63) is 77.4 Å². The minimum atomic E-state index is -2.78. The predicted molar refractivity (Wildman–Crippen MR) is 135 cm³/mol. The van der Waals surface area contributed by atoms with Crippen LogP contribution >= 0.6 is 11.3 Å². The summed E-state index contributed by atoms with van der Waals surface area (Å²) in [6, 6.07) is 12.7. The normalized spacial score (nSPS) is 12.6. The van der Waals surface area contributed by atoms with Crippen molar-refractivity contribution in [2.75, 3.05) is 18.7 Å². The average Bonchev–Trinajstić information content (AvgIpc) is 3.29. The molecule has 9 nitrogen and oxygen atoms in total. The molecule has 0 bridgehead atoms. The second kappa shape index (κ2) is 10.4. The molecule has 0 saturated carbocycles. The van der Waals surface area contributed by atoms with Gasteiger partial charge in [0.2, 0.25) is 5.13 Å². The molecule has 0 fully saturated rings. The Hall–Kier alpha value is -3.90. The van der Waals surface area contributed by atoms with Crippen LogP contribution in [-0.2, 0) is 16.3 Å². The molecule has 186 valence electrons. The molecule has 2 aromatic carbocycles. The van der Waals surface area contributed by atoms with Gasteiger partial charge < -0.3 is 9.47 Å². The van der Waals surface area contributed by atoms with E-state index in [1.54, 1.807) is 43.3 Å². The largest absolute Gasteiger partial charge is 0.496 e. The summed E-state index contributed by atoms with van der Waals surface area (Å²) in [4.78, 5) is 17.7. The first kappa shape index (κ1) is 25.2. The number of benzene rings is 2. The van der Waals surface area contributed by atoms with Gasteiger partial charge in [0.05, 0.1) is 28.0 Å². The molecule has 4 rings (SSSR count). The third kappa shape index (κ3) is 5.66. The summed E-state index contributed by atoms with van der Waals surface area (Å²) in [5.74, 6) is -0.782. The Kier molecular flexibility index (Phi) is 7.27. The van der Waals surface area contributed by atoms with Crippen molar-refractivity contribution in [2.45, 2.75) is 18.4 Å². The van der Waals surface area contributed by atoms with E-state index < -0.39 is 21.5 Å². The number of nitrogens with one attached hydrogen (secondary N) is 2. The molecule has 0 aliphatic carbocycles. The molecular weight excluding hydrogens is 505 g/mol. The molecule has 36 heavy (non-hydrogen) atoms. The number of carbonyl (C=O) groups excluding carboxylic acids is 1. The zero-order valence-electron chi connectivity index (χ0n) is 19.6. The number of amides is 1. The van der Waals surface area contributed by atoms with Crippen LogP contribution in [0.2, 0.25) is 0 Å². The minimum Gasteiger partial charge on any atom is -0.496 e. The first-order chi connectivity index (χ1) is 17.2. The van der Waals surface area contributed by atoms with Gasteiger partial charge in [0.1, 0.15) is 18.2 Å². The first-order valence-corrected chi connectivity index (χ1v) is 13.3. The SMILES string of the molecule is COc1cccc(F)c1-c1cc(C)ncc1C(=O)Nc1nnc(OCc2ccc([S@](C)(=N)=O)cc2)s1. The van der Waals surface area contributed by atoms with Crippen LogP contribution < -0.4 is 14.8 Å². The molecule has 2 N–H and O–H groups in total. The lowest BCUT2D eigenvalue weighted by atomic mass is 9.98. The second-order valence-electron chi connectivity index (χ2n) is 7.79. The molecule has 4 aromatic rings. The Labute approximate surface area is 211 Å². The van der Waals surface area contributed by atoms with Crippen molar-refractivity contribution in [3.63, 3.8) is 0 Å². The van der Waals surface area contributed by atoms with E-state index in [1.807, 2.05) is 0 Å². The van der Waals surface area contributed by atoms with Gasteiger partial charge in [-0.15, -0.1) is 5.10 Å². The number of methoxy groups -OCH3 is 1. The number of hydrogen-bond donors (Lipinski definition) is 2. The van der Waals surface area contributed by atoms with Crippen molar-refractivity contribution in [1.29, 1.82) is 4.78 Å². The van der Waals surface area contributed by atoms with E-state index in [0.29, 0.717) is 21.9 Å². The van der Waals surface area contributed by atoms with Crippen molar-refractivity contribution in [1.82, 2.24) is 15.2 Å². The van der Waals surface area contributed by atoms with Crippen LogP contribution in [0.25, 0.3) is 11.1 Å². The highest BCUT2D eigenvalue weighted by Crippen LogP contribution is 2.35.